The molecule has 1 fully saturated rings. The van der Waals surface area contributed by atoms with Gasteiger partial charge in [-0.25, -0.2) is 19.0 Å². The average Bonchev–Trinajstić information content (AvgIpc) is 3.03. The number of benzene rings is 1. The number of anilines is 1. The minimum Gasteiger partial charge on any atom is -0.365 e. The lowest BCUT2D eigenvalue weighted by atomic mass is 9.96. The zero-order valence-electron chi connectivity index (χ0n) is 15.7. The Kier molecular flexibility index (Phi) is 4.68. The molecule has 8 nitrogen and oxygen atoms in total. The molecule has 0 spiro atoms. The fraction of sp³-hybridized carbons (Fsp3) is 0.300. The Labute approximate surface area is 162 Å². The largest absolute Gasteiger partial charge is 0.365 e. The third-order valence-corrected chi connectivity index (χ3v) is 5.10. The van der Waals surface area contributed by atoms with Crippen LogP contribution in [0.5, 0.6) is 0 Å². The number of primary amides is 1. The number of hydrogen-bond donors (Lipinski definition) is 1. The van der Waals surface area contributed by atoms with Gasteiger partial charge in [0.2, 0.25) is 0 Å². The Morgan fingerprint density at radius 3 is 2.71 bits per heavy atom. The molecule has 8 heteroatoms. The molecule has 28 heavy (non-hydrogen) atoms. The van der Waals surface area contributed by atoms with E-state index in [9.17, 15) is 9.59 Å². The van der Waals surface area contributed by atoms with Crippen molar-refractivity contribution in [1.29, 1.82) is 0 Å². The molecule has 4 rings (SSSR count). The zero-order chi connectivity index (χ0) is 19.7. The number of rotatable bonds is 4. The van der Waals surface area contributed by atoms with Gasteiger partial charge in [-0.2, -0.15) is 5.10 Å². The number of aryl methyl sites for hydroxylation is 1. The molecule has 1 aliphatic rings. The van der Waals surface area contributed by atoms with Gasteiger partial charge in [0, 0.05) is 32.3 Å². The molecule has 1 aliphatic heterocycles. The third kappa shape index (κ3) is 3.17. The summed E-state index contributed by atoms with van der Waals surface area (Å²) in [5.41, 5.74) is 6.55. The predicted octanol–water partition coefficient (Wildman–Crippen LogP) is 1.45. The van der Waals surface area contributed by atoms with Gasteiger partial charge in [0.25, 0.3) is 5.91 Å². The molecule has 0 radical (unpaired) electrons. The summed E-state index contributed by atoms with van der Waals surface area (Å²) in [6, 6.07) is 12.9. The van der Waals surface area contributed by atoms with Crippen molar-refractivity contribution in [3.05, 3.63) is 70.5 Å². The summed E-state index contributed by atoms with van der Waals surface area (Å²) in [6.45, 7) is 1.39. The van der Waals surface area contributed by atoms with Gasteiger partial charge in [0.1, 0.15) is 11.6 Å². The number of carbonyl (C=O) groups excluding carboxylic acids is 1. The number of carbonyl (C=O) groups is 1. The topological polar surface area (TPSA) is 99.0 Å². The molecule has 3 aromatic rings. The highest BCUT2D eigenvalue weighted by Gasteiger charge is 2.29. The lowest BCUT2D eigenvalue weighted by Crippen LogP contribution is -2.37. The van der Waals surface area contributed by atoms with Crippen molar-refractivity contribution < 1.29 is 4.79 Å². The summed E-state index contributed by atoms with van der Waals surface area (Å²) >= 11 is 0. The maximum Gasteiger partial charge on any atom is 0.350 e. The molecule has 0 aliphatic carbocycles. The molecule has 1 atom stereocenters. The molecule has 0 saturated carbocycles. The number of hydrogen-bond acceptors (Lipinski definition) is 5. The Morgan fingerprint density at radius 1 is 1.18 bits per heavy atom. The highest BCUT2D eigenvalue weighted by Crippen LogP contribution is 2.30. The molecular weight excluding hydrogens is 356 g/mol. The summed E-state index contributed by atoms with van der Waals surface area (Å²) in [5, 5.41) is 4.52. The minimum atomic E-state index is -0.496. The van der Waals surface area contributed by atoms with Gasteiger partial charge >= 0.3 is 5.69 Å². The molecule has 144 valence electrons. The minimum absolute atomic E-state index is 0.0330. The van der Waals surface area contributed by atoms with Gasteiger partial charge in [0.15, 0.2) is 0 Å². The van der Waals surface area contributed by atoms with Crippen molar-refractivity contribution in [3.63, 3.8) is 0 Å². The van der Waals surface area contributed by atoms with Crippen LogP contribution in [-0.4, -0.2) is 38.3 Å². The fourth-order valence-electron chi connectivity index (χ4n) is 3.79. The Morgan fingerprint density at radius 2 is 1.96 bits per heavy atom. The van der Waals surface area contributed by atoms with Crippen LogP contribution in [0.3, 0.4) is 0 Å². The Hall–Kier alpha value is -3.42. The molecule has 0 unspecified atom stereocenters. The van der Waals surface area contributed by atoms with E-state index in [2.05, 4.69) is 15.0 Å². The van der Waals surface area contributed by atoms with Gasteiger partial charge in [-0.15, -0.1) is 0 Å². The van der Waals surface area contributed by atoms with Gasteiger partial charge in [-0.05, 0) is 37.1 Å². The van der Waals surface area contributed by atoms with Crippen LogP contribution in [0, 0.1) is 0 Å². The molecule has 2 aromatic heterocycles. The van der Waals surface area contributed by atoms with Crippen molar-refractivity contribution in [1.82, 2.24) is 19.3 Å². The number of nitrogens with two attached hydrogens (primary N) is 1. The third-order valence-electron chi connectivity index (χ3n) is 5.10. The Bertz CT molecular complexity index is 1060. The quantitative estimate of drug-likeness (QED) is 0.741. The molecule has 1 aromatic carbocycles. The molecule has 3 heterocycles. The highest BCUT2D eigenvalue weighted by atomic mass is 16.2. The summed E-state index contributed by atoms with van der Waals surface area (Å²) < 4.78 is 3.04. The second-order valence-electron chi connectivity index (χ2n) is 6.96. The van der Waals surface area contributed by atoms with E-state index in [0.29, 0.717) is 17.9 Å². The molecule has 0 bridgehead atoms. The number of pyridine rings is 1. The van der Waals surface area contributed by atoms with Crippen LogP contribution in [0.15, 0.2) is 53.5 Å². The van der Waals surface area contributed by atoms with Crippen molar-refractivity contribution in [2.45, 2.75) is 18.8 Å². The lowest BCUT2D eigenvalue weighted by molar-refractivity contribution is 0.100. The second-order valence-corrected chi connectivity index (χ2v) is 6.96. The van der Waals surface area contributed by atoms with E-state index in [-0.39, 0.29) is 11.6 Å². The maximum absolute atomic E-state index is 12.7. The van der Waals surface area contributed by atoms with Crippen LogP contribution in [0.4, 0.5) is 5.82 Å². The van der Waals surface area contributed by atoms with Crippen molar-refractivity contribution in [3.8, 4) is 5.69 Å². The van der Waals surface area contributed by atoms with Gasteiger partial charge in [0.05, 0.1) is 11.3 Å². The van der Waals surface area contributed by atoms with Crippen LogP contribution in [0.25, 0.3) is 5.69 Å². The van der Waals surface area contributed by atoms with Crippen molar-refractivity contribution in [2.75, 3.05) is 18.0 Å². The van der Waals surface area contributed by atoms with E-state index in [4.69, 9.17) is 5.73 Å². The monoisotopic (exact) mass is 378 g/mol. The van der Waals surface area contributed by atoms with Crippen LogP contribution < -0.4 is 16.3 Å². The molecule has 2 N–H and O–H groups in total. The molecule has 1 amide bonds. The van der Waals surface area contributed by atoms with Crippen molar-refractivity contribution >= 4 is 11.7 Å². The van der Waals surface area contributed by atoms with Crippen LogP contribution in [0.1, 0.15) is 34.9 Å². The summed E-state index contributed by atoms with van der Waals surface area (Å²) in [4.78, 5) is 30.9. The maximum atomic E-state index is 12.7. The molecule has 1 saturated heterocycles. The average molecular weight is 378 g/mol. The first kappa shape index (κ1) is 18.0. The van der Waals surface area contributed by atoms with Gasteiger partial charge in [-0.3, -0.25) is 4.79 Å². The second kappa shape index (κ2) is 7.30. The van der Waals surface area contributed by atoms with Crippen molar-refractivity contribution in [2.24, 2.45) is 12.8 Å². The standard InChI is InChI=1S/C20H22N6O2/c1-24-20(28)26(15-8-3-2-4-9-15)18(23-24)14-7-6-12-25(13-14)19-16(17(21)27)10-5-11-22-19/h2-5,8-11,14H,6-7,12-13H2,1H3,(H2,21,27)/t14-/m1/s1. The smallest absolute Gasteiger partial charge is 0.350 e. The van der Waals surface area contributed by atoms with Crippen LogP contribution in [-0.2, 0) is 7.05 Å². The first-order chi connectivity index (χ1) is 13.6. The molecular formula is C20H22N6O2. The van der Waals surface area contributed by atoms with Gasteiger partial charge < -0.3 is 10.6 Å². The number of aromatic nitrogens is 4. The summed E-state index contributed by atoms with van der Waals surface area (Å²) in [5.74, 6) is 0.846. The van der Waals surface area contributed by atoms with E-state index in [1.807, 2.05) is 30.3 Å². The van der Waals surface area contributed by atoms with E-state index in [0.717, 1.165) is 30.9 Å². The first-order valence-electron chi connectivity index (χ1n) is 9.27. The predicted molar refractivity (Wildman–Crippen MR) is 106 cm³/mol. The summed E-state index contributed by atoms with van der Waals surface area (Å²) in [7, 11) is 1.66. The summed E-state index contributed by atoms with van der Waals surface area (Å²) in [6.07, 6.45) is 3.46. The van der Waals surface area contributed by atoms with E-state index < -0.39 is 5.91 Å². The Balaban J connectivity index is 1.71. The van der Waals surface area contributed by atoms with E-state index in [1.54, 1.807) is 29.9 Å². The van der Waals surface area contributed by atoms with Gasteiger partial charge in [-0.1, -0.05) is 18.2 Å². The zero-order valence-corrected chi connectivity index (χ0v) is 15.7. The number of amides is 1. The number of piperidine rings is 1. The van der Waals surface area contributed by atoms with Crippen LogP contribution >= 0.6 is 0 Å². The van der Waals surface area contributed by atoms with E-state index >= 15 is 0 Å². The lowest BCUT2D eigenvalue weighted by Gasteiger charge is -2.33. The fourth-order valence-corrected chi connectivity index (χ4v) is 3.79. The normalized spacial score (nSPS) is 16.9. The number of para-hydroxylation sites is 1. The van der Waals surface area contributed by atoms with Crippen LogP contribution in [0.2, 0.25) is 0 Å². The first-order valence-corrected chi connectivity index (χ1v) is 9.27. The number of nitrogens with zero attached hydrogens (tertiary/aromatic N) is 5. The highest BCUT2D eigenvalue weighted by molar-refractivity contribution is 5.97. The SMILES string of the molecule is Cn1nc([C@@H]2CCCN(c3ncccc3C(N)=O)C2)n(-c2ccccc2)c1=O. The van der Waals surface area contributed by atoms with E-state index in [1.165, 1.54) is 4.68 Å².